The maximum absolute atomic E-state index is 12.5. The molecule has 0 saturated carbocycles. The molecular formula is C26H29N7O. The number of aromatic nitrogens is 4. The summed E-state index contributed by atoms with van der Waals surface area (Å²) in [6.45, 7) is 6.89. The Hall–Kier alpha value is -3.78. The summed E-state index contributed by atoms with van der Waals surface area (Å²) in [5.41, 5.74) is 11.6. The smallest absolute Gasteiger partial charge is 0.228 e. The predicted molar refractivity (Wildman–Crippen MR) is 134 cm³/mol. The van der Waals surface area contributed by atoms with Crippen LogP contribution in [0.15, 0.2) is 61.1 Å². The summed E-state index contributed by atoms with van der Waals surface area (Å²) >= 11 is 0. The zero-order valence-electron chi connectivity index (χ0n) is 19.7. The van der Waals surface area contributed by atoms with E-state index in [1.165, 1.54) is 5.56 Å². The molecule has 4 heterocycles. The van der Waals surface area contributed by atoms with E-state index in [0.717, 1.165) is 34.6 Å². The van der Waals surface area contributed by atoms with E-state index >= 15 is 0 Å². The summed E-state index contributed by atoms with van der Waals surface area (Å²) in [5.74, 6) is 0.956. The van der Waals surface area contributed by atoms with Gasteiger partial charge in [-0.1, -0.05) is 13.8 Å². The number of benzene rings is 1. The maximum atomic E-state index is 12.5. The maximum Gasteiger partial charge on any atom is 0.228 e. The Morgan fingerprint density at radius 3 is 2.68 bits per heavy atom. The Morgan fingerprint density at radius 1 is 1.15 bits per heavy atom. The van der Waals surface area contributed by atoms with Crippen molar-refractivity contribution in [3.63, 3.8) is 0 Å². The van der Waals surface area contributed by atoms with E-state index in [2.05, 4.69) is 35.3 Å². The normalized spacial score (nSPS) is 18.6. The number of pyridine rings is 1. The van der Waals surface area contributed by atoms with Crippen LogP contribution in [0.3, 0.4) is 0 Å². The lowest BCUT2D eigenvalue weighted by atomic mass is 9.90. The van der Waals surface area contributed by atoms with Crippen molar-refractivity contribution in [3.05, 3.63) is 66.6 Å². The number of piperidine rings is 1. The van der Waals surface area contributed by atoms with Crippen molar-refractivity contribution in [3.8, 4) is 11.3 Å². The highest BCUT2D eigenvalue weighted by Crippen LogP contribution is 2.28. The van der Waals surface area contributed by atoms with Gasteiger partial charge in [-0.3, -0.25) is 4.79 Å². The summed E-state index contributed by atoms with van der Waals surface area (Å²) < 4.78 is 1.89. The molecule has 1 saturated heterocycles. The minimum atomic E-state index is -0.420. The molecule has 0 aliphatic carbocycles. The highest BCUT2D eigenvalue weighted by molar-refractivity contribution is 5.95. The van der Waals surface area contributed by atoms with Gasteiger partial charge in [0.2, 0.25) is 11.9 Å². The van der Waals surface area contributed by atoms with E-state index in [0.29, 0.717) is 24.8 Å². The number of rotatable bonds is 5. The van der Waals surface area contributed by atoms with Crippen molar-refractivity contribution in [2.24, 2.45) is 5.73 Å². The Morgan fingerprint density at radius 2 is 1.94 bits per heavy atom. The van der Waals surface area contributed by atoms with Crippen molar-refractivity contribution in [1.29, 1.82) is 0 Å². The fraction of sp³-hybridized carbons (Fsp3) is 0.308. The predicted octanol–water partition coefficient (Wildman–Crippen LogP) is 4.50. The van der Waals surface area contributed by atoms with Crippen LogP contribution in [0.4, 0.5) is 17.3 Å². The van der Waals surface area contributed by atoms with Gasteiger partial charge in [-0.05, 0) is 61.7 Å². The Kier molecular flexibility index (Phi) is 5.53. The lowest BCUT2D eigenvalue weighted by Crippen LogP contribution is -2.51. The number of fused-ring (bicyclic) bond motifs is 1. The van der Waals surface area contributed by atoms with Crippen LogP contribution >= 0.6 is 0 Å². The Bertz CT molecular complexity index is 1340. The molecule has 174 valence electrons. The summed E-state index contributed by atoms with van der Waals surface area (Å²) in [7, 11) is 0. The van der Waals surface area contributed by atoms with Gasteiger partial charge in [-0.2, -0.15) is 5.10 Å². The quantitative estimate of drug-likeness (QED) is 0.459. The van der Waals surface area contributed by atoms with Crippen LogP contribution in [0.25, 0.3) is 16.8 Å². The zero-order valence-corrected chi connectivity index (χ0v) is 19.7. The van der Waals surface area contributed by atoms with E-state index in [-0.39, 0.29) is 5.91 Å². The molecule has 1 aliphatic heterocycles. The Labute approximate surface area is 198 Å². The fourth-order valence-corrected chi connectivity index (χ4v) is 4.33. The van der Waals surface area contributed by atoms with Crippen LogP contribution < -0.4 is 16.0 Å². The number of nitrogens with one attached hydrogen (secondary N) is 1. The number of hydrogen-bond acceptors (Lipinski definition) is 6. The van der Waals surface area contributed by atoms with E-state index in [1.807, 2.05) is 60.2 Å². The van der Waals surface area contributed by atoms with Crippen LogP contribution in [0, 0.1) is 0 Å². The number of hydrogen-bond donors (Lipinski definition) is 2. The Balaban J connectivity index is 1.34. The van der Waals surface area contributed by atoms with Gasteiger partial charge >= 0.3 is 0 Å². The SMILES string of the molecule is CC(C)c1cnn2ccc(-c3ccnc(Nc4ccc(N5CCC(C)(N)CC5=O)cc4)n3)cc12. The van der Waals surface area contributed by atoms with Crippen LogP contribution in [-0.2, 0) is 4.79 Å². The van der Waals surface area contributed by atoms with E-state index < -0.39 is 5.54 Å². The van der Waals surface area contributed by atoms with Gasteiger partial charge in [0.25, 0.3) is 0 Å². The van der Waals surface area contributed by atoms with Crippen molar-refractivity contribution in [1.82, 2.24) is 19.6 Å². The molecule has 5 rings (SSSR count). The molecule has 1 fully saturated rings. The van der Waals surface area contributed by atoms with Crippen molar-refractivity contribution >= 4 is 28.7 Å². The third kappa shape index (κ3) is 4.36. The molecule has 0 spiro atoms. The third-order valence-corrected chi connectivity index (χ3v) is 6.32. The van der Waals surface area contributed by atoms with Gasteiger partial charge in [-0.25, -0.2) is 14.5 Å². The molecule has 1 amide bonds. The molecule has 0 bridgehead atoms. The lowest BCUT2D eigenvalue weighted by molar-refractivity contribution is -0.120. The number of anilines is 3. The zero-order chi connectivity index (χ0) is 23.9. The lowest BCUT2D eigenvalue weighted by Gasteiger charge is -2.36. The highest BCUT2D eigenvalue weighted by atomic mass is 16.2. The largest absolute Gasteiger partial charge is 0.325 e. The molecule has 4 aromatic rings. The number of amides is 1. The van der Waals surface area contributed by atoms with Crippen molar-refractivity contribution in [2.75, 3.05) is 16.8 Å². The molecule has 8 heteroatoms. The average Bonchev–Trinajstić information content (AvgIpc) is 3.23. The van der Waals surface area contributed by atoms with Gasteiger partial charge in [0.15, 0.2) is 0 Å². The van der Waals surface area contributed by atoms with E-state index in [4.69, 9.17) is 10.7 Å². The molecule has 0 radical (unpaired) electrons. The van der Waals surface area contributed by atoms with Crippen LogP contribution in [0.5, 0.6) is 0 Å². The molecule has 1 unspecified atom stereocenters. The molecule has 1 aromatic carbocycles. The standard InChI is InChI=1S/C26H29N7O/c1-17(2)21-16-29-33-12-9-18(14-23(21)33)22-8-11-28-25(31-22)30-19-4-6-20(7-5-19)32-13-10-26(3,27)15-24(32)34/h4-9,11-12,14,16-17H,10,13,15,27H2,1-3H3,(H,28,30,31). The van der Waals surface area contributed by atoms with Crippen LogP contribution in [-0.4, -0.2) is 37.6 Å². The second-order valence-corrected chi connectivity index (χ2v) is 9.56. The van der Waals surface area contributed by atoms with Gasteiger partial charge in [0.1, 0.15) is 0 Å². The van der Waals surface area contributed by atoms with Crippen molar-refractivity contribution in [2.45, 2.75) is 45.1 Å². The fourth-order valence-electron chi connectivity index (χ4n) is 4.33. The molecule has 3 N–H and O–H groups in total. The molecule has 1 atom stereocenters. The topological polar surface area (TPSA) is 101 Å². The minimum absolute atomic E-state index is 0.0590. The van der Waals surface area contributed by atoms with E-state index in [9.17, 15) is 4.79 Å². The molecular weight excluding hydrogens is 426 g/mol. The number of nitrogens with zero attached hydrogens (tertiary/aromatic N) is 5. The number of carbonyl (C=O) groups is 1. The van der Waals surface area contributed by atoms with Gasteiger partial charge in [0, 0.05) is 53.4 Å². The minimum Gasteiger partial charge on any atom is -0.325 e. The van der Waals surface area contributed by atoms with E-state index in [1.54, 1.807) is 11.1 Å². The van der Waals surface area contributed by atoms with Crippen LogP contribution in [0.1, 0.15) is 45.1 Å². The van der Waals surface area contributed by atoms with Gasteiger partial charge in [0.05, 0.1) is 17.4 Å². The molecule has 1 aliphatic rings. The van der Waals surface area contributed by atoms with Gasteiger partial charge < -0.3 is 16.0 Å². The average molecular weight is 456 g/mol. The second kappa shape index (κ2) is 8.53. The number of carbonyl (C=O) groups excluding carboxylic acids is 1. The van der Waals surface area contributed by atoms with Crippen LogP contribution in [0.2, 0.25) is 0 Å². The summed E-state index contributed by atoms with van der Waals surface area (Å²) in [4.78, 5) is 23.4. The summed E-state index contributed by atoms with van der Waals surface area (Å²) in [6.07, 6.45) is 6.77. The highest BCUT2D eigenvalue weighted by Gasteiger charge is 2.32. The second-order valence-electron chi connectivity index (χ2n) is 9.56. The molecule has 8 nitrogen and oxygen atoms in total. The molecule has 34 heavy (non-hydrogen) atoms. The number of nitrogens with two attached hydrogens (primary N) is 1. The first-order valence-electron chi connectivity index (χ1n) is 11.6. The monoisotopic (exact) mass is 455 g/mol. The third-order valence-electron chi connectivity index (χ3n) is 6.32. The summed E-state index contributed by atoms with van der Waals surface area (Å²) in [5, 5.41) is 7.71. The van der Waals surface area contributed by atoms with Crippen molar-refractivity contribution < 1.29 is 4.79 Å². The van der Waals surface area contributed by atoms with Gasteiger partial charge in [-0.15, -0.1) is 0 Å². The first-order valence-corrected chi connectivity index (χ1v) is 11.6. The molecule has 3 aromatic heterocycles. The first kappa shape index (κ1) is 22.0. The summed E-state index contributed by atoms with van der Waals surface area (Å²) in [6, 6.07) is 13.8. The first-order chi connectivity index (χ1) is 16.3.